The number of esters is 3. The van der Waals surface area contributed by atoms with Crippen molar-refractivity contribution < 1.29 is 48.0 Å². The summed E-state index contributed by atoms with van der Waals surface area (Å²) in [5, 5.41) is 24.5. The first kappa shape index (κ1) is 25.6. The molecule has 3 aliphatic heterocycles. The fourth-order valence-electron chi connectivity index (χ4n) is 9.26. The van der Waals surface area contributed by atoms with Gasteiger partial charge in [-0.05, 0) is 33.3 Å². The van der Waals surface area contributed by atoms with Gasteiger partial charge in [0.05, 0.1) is 29.6 Å². The lowest BCUT2D eigenvalue weighted by molar-refractivity contribution is -0.325. The van der Waals surface area contributed by atoms with Gasteiger partial charge in [-0.15, -0.1) is 0 Å². The van der Waals surface area contributed by atoms with Crippen LogP contribution in [0.5, 0.6) is 0 Å². The van der Waals surface area contributed by atoms with E-state index in [1.54, 1.807) is 32.9 Å². The minimum absolute atomic E-state index is 0.0649. The molecular formula is C28H34O10. The van der Waals surface area contributed by atoms with Gasteiger partial charge in [-0.3, -0.25) is 4.79 Å². The Labute approximate surface area is 220 Å². The topological polar surface area (TPSA) is 145 Å². The van der Waals surface area contributed by atoms with Gasteiger partial charge < -0.3 is 33.6 Å². The highest BCUT2D eigenvalue weighted by Gasteiger charge is 2.91. The average Bonchev–Trinajstić information content (AvgIpc) is 3.36. The van der Waals surface area contributed by atoms with Crippen molar-refractivity contribution in [3.05, 3.63) is 36.3 Å². The van der Waals surface area contributed by atoms with Crippen molar-refractivity contribution in [3.63, 3.8) is 0 Å². The Kier molecular flexibility index (Phi) is 4.90. The first-order valence-electron chi connectivity index (χ1n) is 13.0. The van der Waals surface area contributed by atoms with Gasteiger partial charge in [-0.25, -0.2) is 9.59 Å². The predicted octanol–water partition coefficient (Wildman–Crippen LogP) is 2.37. The number of aliphatic hydroxyl groups is 2. The van der Waals surface area contributed by atoms with E-state index in [0.717, 1.165) is 0 Å². The Bertz CT molecular complexity index is 1250. The molecule has 10 nitrogen and oxygen atoms in total. The minimum atomic E-state index is -1.68. The Morgan fingerprint density at radius 1 is 1.11 bits per heavy atom. The molecule has 1 aromatic heterocycles. The Hall–Kier alpha value is -2.69. The van der Waals surface area contributed by atoms with E-state index in [-0.39, 0.29) is 12.8 Å². The van der Waals surface area contributed by atoms with Gasteiger partial charge in [-0.1, -0.05) is 19.9 Å². The number of aliphatic hydroxyl groups excluding tert-OH is 1. The monoisotopic (exact) mass is 530 g/mol. The SMILES string of the molecule is CC(=O)O[C@@H]1C[C@]2(C=CC(=O)OC2(C)C)C(C)(O)[C@H]2[C@@H](O)C[C@@]3(C)[C@H](c4ccoc4)OC(=O)[C@H]4O[C@]43[C@@]21C. The normalized spacial score (nSPS) is 50.3. The molecule has 0 amide bonds. The van der Waals surface area contributed by atoms with Crippen molar-refractivity contribution in [3.8, 4) is 0 Å². The first-order chi connectivity index (χ1) is 17.6. The van der Waals surface area contributed by atoms with Crippen LogP contribution in [0.25, 0.3) is 0 Å². The highest BCUT2D eigenvalue weighted by atomic mass is 16.7. The van der Waals surface area contributed by atoms with E-state index < -0.39 is 81.3 Å². The zero-order valence-electron chi connectivity index (χ0n) is 22.3. The van der Waals surface area contributed by atoms with Gasteiger partial charge in [0.15, 0.2) is 6.10 Å². The third-order valence-corrected chi connectivity index (χ3v) is 10.7. The third kappa shape index (κ3) is 2.66. The summed E-state index contributed by atoms with van der Waals surface area (Å²) in [5.41, 5.74) is -6.93. The van der Waals surface area contributed by atoms with E-state index in [1.165, 1.54) is 25.5 Å². The van der Waals surface area contributed by atoms with Gasteiger partial charge >= 0.3 is 17.9 Å². The molecule has 2 saturated carbocycles. The second kappa shape index (κ2) is 7.28. The van der Waals surface area contributed by atoms with Gasteiger partial charge in [0.1, 0.15) is 23.4 Å². The molecule has 10 atom stereocenters. The van der Waals surface area contributed by atoms with Crippen molar-refractivity contribution in [1.29, 1.82) is 0 Å². The van der Waals surface area contributed by atoms with Crippen LogP contribution < -0.4 is 0 Å². The lowest BCUT2D eigenvalue weighted by atomic mass is 9.36. The van der Waals surface area contributed by atoms with Crippen molar-refractivity contribution in [1.82, 2.24) is 0 Å². The molecule has 4 heterocycles. The Balaban J connectivity index is 1.59. The highest BCUT2D eigenvalue weighted by Crippen LogP contribution is 2.79. The van der Waals surface area contributed by atoms with Crippen LogP contribution >= 0.6 is 0 Å². The maximum atomic E-state index is 13.3. The number of furan rings is 1. The van der Waals surface area contributed by atoms with E-state index in [0.29, 0.717) is 5.56 Å². The molecule has 0 radical (unpaired) electrons. The van der Waals surface area contributed by atoms with E-state index >= 15 is 0 Å². The molecule has 5 aliphatic rings. The van der Waals surface area contributed by atoms with Crippen LogP contribution in [-0.2, 0) is 33.3 Å². The molecule has 2 saturated heterocycles. The van der Waals surface area contributed by atoms with E-state index in [2.05, 4.69) is 0 Å². The zero-order chi connectivity index (χ0) is 27.7. The summed E-state index contributed by atoms with van der Waals surface area (Å²) in [5.74, 6) is -2.60. The lowest BCUT2D eigenvalue weighted by Gasteiger charge is -2.71. The second-order valence-electron chi connectivity index (χ2n) is 12.7. The summed E-state index contributed by atoms with van der Waals surface area (Å²) in [6.45, 7) is 10.1. The molecule has 2 spiro atoms. The van der Waals surface area contributed by atoms with Crippen LogP contribution in [0.1, 0.15) is 66.1 Å². The molecule has 0 bridgehead atoms. The molecule has 0 aromatic carbocycles. The van der Waals surface area contributed by atoms with Crippen molar-refractivity contribution in [2.24, 2.45) is 22.2 Å². The lowest BCUT2D eigenvalue weighted by Crippen LogP contribution is -2.80. The van der Waals surface area contributed by atoms with Crippen LogP contribution in [0.4, 0.5) is 0 Å². The number of hydrogen-bond acceptors (Lipinski definition) is 10. The number of carbonyl (C=O) groups excluding carboxylic acids is 3. The number of hydrogen-bond donors (Lipinski definition) is 2. The number of ether oxygens (including phenoxy) is 4. The van der Waals surface area contributed by atoms with Crippen molar-refractivity contribution in [2.75, 3.05) is 0 Å². The number of cyclic esters (lactones) is 2. The molecule has 6 rings (SSSR count). The predicted molar refractivity (Wildman–Crippen MR) is 128 cm³/mol. The fourth-order valence-corrected chi connectivity index (χ4v) is 9.26. The van der Waals surface area contributed by atoms with Crippen LogP contribution in [0.15, 0.2) is 35.2 Å². The van der Waals surface area contributed by atoms with Crippen molar-refractivity contribution in [2.45, 2.75) is 95.6 Å². The largest absolute Gasteiger partial charge is 0.472 e. The minimum Gasteiger partial charge on any atom is -0.472 e. The van der Waals surface area contributed by atoms with E-state index in [1.807, 2.05) is 13.8 Å². The summed E-state index contributed by atoms with van der Waals surface area (Å²) < 4.78 is 29.3. The molecule has 38 heavy (non-hydrogen) atoms. The number of fused-ring (bicyclic) bond motifs is 1. The molecule has 206 valence electrons. The maximum Gasteiger partial charge on any atom is 0.339 e. The zero-order valence-corrected chi connectivity index (χ0v) is 22.3. The summed E-state index contributed by atoms with van der Waals surface area (Å²) in [4.78, 5) is 38.1. The van der Waals surface area contributed by atoms with Gasteiger partial charge in [-0.2, -0.15) is 0 Å². The fraction of sp³-hybridized carbons (Fsp3) is 0.679. The van der Waals surface area contributed by atoms with Crippen LogP contribution in [0, 0.1) is 22.2 Å². The summed E-state index contributed by atoms with van der Waals surface area (Å²) in [6, 6.07) is 1.71. The highest BCUT2D eigenvalue weighted by molar-refractivity contribution is 5.84. The van der Waals surface area contributed by atoms with Gasteiger partial charge in [0.25, 0.3) is 0 Å². The van der Waals surface area contributed by atoms with Crippen LogP contribution in [-0.4, -0.2) is 63.2 Å². The summed E-state index contributed by atoms with van der Waals surface area (Å²) in [6.07, 6.45) is 2.26. The van der Waals surface area contributed by atoms with Crippen LogP contribution in [0.3, 0.4) is 0 Å². The Morgan fingerprint density at radius 2 is 1.82 bits per heavy atom. The van der Waals surface area contributed by atoms with E-state index in [4.69, 9.17) is 23.4 Å². The smallest absolute Gasteiger partial charge is 0.339 e. The van der Waals surface area contributed by atoms with E-state index in [9.17, 15) is 24.6 Å². The number of epoxide rings is 1. The third-order valence-electron chi connectivity index (χ3n) is 10.7. The molecular weight excluding hydrogens is 496 g/mol. The molecule has 2 aliphatic carbocycles. The summed E-state index contributed by atoms with van der Waals surface area (Å²) in [7, 11) is 0. The molecule has 4 fully saturated rings. The quantitative estimate of drug-likeness (QED) is 0.332. The molecule has 10 heteroatoms. The summed E-state index contributed by atoms with van der Waals surface area (Å²) >= 11 is 0. The second-order valence-corrected chi connectivity index (χ2v) is 12.7. The van der Waals surface area contributed by atoms with Crippen molar-refractivity contribution >= 4 is 17.9 Å². The van der Waals surface area contributed by atoms with Crippen LogP contribution in [0.2, 0.25) is 0 Å². The number of rotatable bonds is 2. The maximum absolute atomic E-state index is 13.3. The van der Waals surface area contributed by atoms with Gasteiger partial charge in [0.2, 0.25) is 0 Å². The Morgan fingerprint density at radius 3 is 2.42 bits per heavy atom. The average molecular weight is 531 g/mol. The molecule has 1 unspecified atom stereocenters. The standard InChI is InChI=1S/C28H34O10/c1-14(29)35-17-12-27(9-7-18(31)37-23(27,2)3)26(6,33)19-16(30)11-24(4)20(15-8-10-34-13-15)36-22(32)21-28(24,38-21)25(17,19)5/h7-10,13,16-17,19-21,30,33H,11-12H2,1-6H3/t16-,17+,19-,20-,21+,24-,25+,26?,27-,28+/m0/s1. The number of carbonyl (C=O) groups is 3. The first-order valence-corrected chi connectivity index (χ1v) is 13.0. The van der Waals surface area contributed by atoms with Gasteiger partial charge in [0, 0.05) is 41.7 Å². The molecule has 1 aromatic rings. The molecule has 2 N–H and O–H groups in total.